The molecule has 0 bridgehead atoms. The Balaban J connectivity index is 2.41. The topological polar surface area (TPSA) is 49.8 Å². The van der Waals surface area contributed by atoms with Crippen LogP contribution in [0.1, 0.15) is 5.56 Å². The first-order chi connectivity index (χ1) is 5.83. The molecule has 0 aliphatic carbocycles. The summed E-state index contributed by atoms with van der Waals surface area (Å²) in [6.45, 7) is 3.79. The first-order valence-electron chi connectivity index (χ1n) is 4.00. The van der Waals surface area contributed by atoms with E-state index in [1.165, 1.54) is 0 Å². The van der Waals surface area contributed by atoms with Crippen LogP contribution in [0, 0.1) is 6.92 Å². The molecular formula is C8H14N4. The van der Waals surface area contributed by atoms with E-state index in [1.807, 2.05) is 20.0 Å². The number of likely N-dealkylation sites (N-methyl/N-ethyl adjacent to an activating group) is 1. The number of hydrogen-bond acceptors (Lipinski definition) is 4. The van der Waals surface area contributed by atoms with E-state index in [1.54, 1.807) is 6.20 Å². The Hall–Kier alpha value is -1.16. The van der Waals surface area contributed by atoms with Crippen LogP contribution < -0.4 is 10.6 Å². The van der Waals surface area contributed by atoms with E-state index < -0.39 is 0 Å². The highest BCUT2D eigenvalue weighted by Crippen LogP contribution is 2.01. The fourth-order valence-electron chi connectivity index (χ4n) is 0.866. The quantitative estimate of drug-likeness (QED) is 0.636. The van der Waals surface area contributed by atoms with Gasteiger partial charge in [0.15, 0.2) is 0 Å². The average Bonchev–Trinajstić information content (AvgIpc) is 2.05. The normalized spacial score (nSPS) is 9.83. The van der Waals surface area contributed by atoms with Gasteiger partial charge in [-0.3, -0.25) is 0 Å². The second-order valence-corrected chi connectivity index (χ2v) is 2.65. The molecule has 12 heavy (non-hydrogen) atoms. The molecule has 0 radical (unpaired) electrons. The van der Waals surface area contributed by atoms with Crippen molar-refractivity contribution in [2.45, 2.75) is 6.92 Å². The third-order valence-electron chi connectivity index (χ3n) is 1.47. The SMILES string of the molecule is CNCCNc1cc(C)cnn1. The molecule has 4 heteroatoms. The summed E-state index contributed by atoms with van der Waals surface area (Å²) in [5.41, 5.74) is 1.12. The molecule has 1 aromatic rings. The molecule has 0 aromatic carbocycles. The first kappa shape index (κ1) is 8.93. The maximum Gasteiger partial charge on any atom is 0.148 e. The van der Waals surface area contributed by atoms with Crippen molar-refractivity contribution in [3.05, 3.63) is 17.8 Å². The zero-order chi connectivity index (χ0) is 8.81. The third kappa shape index (κ3) is 2.84. The molecule has 2 N–H and O–H groups in total. The molecule has 0 saturated carbocycles. The van der Waals surface area contributed by atoms with Gasteiger partial charge in [-0.1, -0.05) is 0 Å². The Morgan fingerprint density at radius 1 is 1.42 bits per heavy atom. The molecular weight excluding hydrogens is 152 g/mol. The fourth-order valence-corrected chi connectivity index (χ4v) is 0.866. The Labute approximate surface area is 72.4 Å². The van der Waals surface area contributed by atoms with Crippen molar-refractivity contribution in [2.75, 3.05) is 25.5 Å². The minimum atomic E-state index is 0.838. The van der Waals surface area contributed by atoms with Crippen LogP contribution in [0.25, 0.3) is 0 Å². The average molecular weight is 166 g/mol. The van der Waals surface area contributed by atoms with Crippen LogP contribution in [-0.4, -0.2) is 30.3 Å². The number of nitrogens with zero attached hydrogens (tertiary/aromatic N) is 2. The Kier molecular flexibility index (Phi) is 3.47. The largest absolute Gasteiger partial charge is 0.367 e. The maximum absolute atomic E-state index is 3.92. The highest BCUT2D eigenvalue weighted by Gasteiger charge is 1.92. The predicted octanol–water partition coefficient (Wildman–Crippen LogP) is 0.416. The maximum atomic E-state index is 3.92. The summed E-state index contributed by atoms with van der Waals surface area (Å²) in [5.74, 6) is 0.838. The lowest BCUT2D eigenvalue weighted by Crippen LogP contribution is -2.18. The van der Waals surface area contributed by atoms with E-state index in [2.05, 4.69) is 20.8 Å². The molecule has 0 spiro atoms. The smallest absolute Gasteiger partial charge is 0.148 e. The van der Waals surface area contributed by atoms with Crippen molar-refractivity contribution in [2.24, 2.45) is 0 Å². The Morgan fingerprint density at radius 3 is 2.92 bits per heavy atom. The molecule has 0 aliphatic heterocycles. The van der Waals surface area contributed by atoms with Crippen LogP contribution in [0.15, 0.2) is 12.3 Å². The monoisotopic (exact) mass is 166 g/mol. The van der Waals surface area contributed by atoms with E-state index in [0.717, 1.165) is 24.5 Å². The van der Waals surface area contributed by atoms with Gasteiger partial charge in [-0.05, 0) is 25.6 Å². The van der Waals surface area contributed by atoms with Gasteiger partial charge >= 0.3 is 0 Å². The minimum absolute atomic E-state index is 0.838. The van der Waals surface area contributed by atoms with E-state index in [0.29, 0.717) is 0 Å². The number of hydrogen-bond donors (Lipinski definition) is 2. The minimum Gasteiger partial charge on any atom is -0.367 e. The van der Waals surface area contributed by atoms with Crippen LogP contribution in [0.3, 0.4) is 0 Å². The van der Waals surface area contributed by atoms with Gasteiger partial charge in [-0.2, -0.15) is 5.10 Å². The van der Waals surface area contributed by atoms with Crippen molar-refractivity contribution < 1.29 is 0 Å². The molecule has 1 aromatic heterocycles. The van der Waals surface area contributed by atoms with E-state index in [-0.39, 0.29) is 0 Å². The number of nitrogens with one attached hydrogen (secondary N) is 2. The molecule has 4 nitrogen and oxygen atoms in total. The molecule has 0 amide bonds. The third-order valence-corrected chi connectivity index (χ3v) is 1.47. The van der Waals surface area contributed by atoms with Crippen molar-refractivity contribution in [3.63, 3.8) is 0 Å². The lowest BCUT2D eigenvalue weighted by molar-refractivity contribution is 0.818. The molecule has 1 heterocycles. The molecule has 66 valence electrons. The standard InChI is InChI=1S/C8H14N4/c1-7-5-8(12-11-6-7)10-4-3-9-2/h5-6,9H,3-4H2,1-2H3,(H,10,12). The van der Waals surface area contributed by atoms with Gasteiger partial charge in [0, 0.05) is 13.1 Å². The van der Waals surface area contributed by atoms with Crippen LogP contribution in [-0.2, 0) is 0 Å². The van der Waals surface area contributed by atoms with Gasteiger partial charge < -0.3 is 10.6 Å². The van der Waals surface area contributed by atoms with Gasteiger partial charge in [-0.15, -0.1) is 5.10 Å². The molecule has 0 unspecified atom stereocenters. The summed E-state index contributed by atoms with van der Waals surface area (Å²) in [7, 11) is 1.92. The van der Waals surface area contributed by atoms with Crippen molar-refractivity contribution >= 4 is 5.82 Å². The summed E-state index contributed by atoms with van der Waals surface area (Å²) in [5, 5.41) is 13.9. The summed E-state index contributed by atoms with van der Waals surface area (Å²) >= 11 is 0. The van der Waals surface area contributed by atoms with Crippen molar-refractivity contribution in [1.29, 1.82) is 0 Å². The van der Waals surface area contributed by atoms with E-state index >= 15 is 0 Å². The van der Waals surface area contributed by atoms with Crippen molar-refractivity contribution in [3.8, 4) is 0 Å². The molecule has 0 atom stereocenters. The fraction of sp³-hybridized carbons (Fsp3) is 0.500. The zero-order valence-corrected chi connectivity index (χ0v) is 7.46. The van der Waals surface area contributed by atoms with Crippen LogP contribution >= 0.6 is 0 Å². The van der Waals surface area contributed by atoms with Crippen molar-refractivity contribution in [1.82, 2.24) is 15.5 Å². The lowest BCUT2D eigenvalue weighted by Gasteiger charge is -2.03. The van der Waals surface area contributed by atoms with Crippen LogP contribution in [0.2, 0.25) is 0 Å². The molecule has 0 fully saturated rings. The number of rotatable bonds is 4. The highest BCUT2D eigenvalue weighted by atomic mass is 15.2. The summed E-state index contributed by atoms with van der Waals surface area (Å²) in [4.78, 5) is 0. The predicted molar refractivity (Wildman–Crippen MR) is 49.2 cm³/mol. The lowest BCUT2D eigenvalue weighted by atomic mass is 10.3. The van der Waals surface area contributed by atoms with Gasteiger partial charge in [0.1, 0.15) is 5.82 Å². The van der Waals surface area contributed by atoms with Gasteiger partial charge in [0.2, 0.25) is 0 Å². The Bertz CT molecular complexity index is 236. The summed E-state index contributed by atoms with van der Waals surface area (Å²) < 4.78 is 0. The second kappa shape index (κ2) is 4.66. The number of aromatic nitrogens is 2. The van der Waals surface area contributed by atoms with Gasteiger partial charge in [-0.25, -0.2) is 0 Å². The summed E-state index contributed by atoms with van der Waals surface area (Å²) in [6, 6.07) is 1.97. The Morgan fingerprint density at radius 2 is 2.25 bits per heavy atom. The number of aryl methyl sites for hydroxylation is 1. The summed E-state index contributed by atoms with van der Waals surface area (Å²) in [6.07, 6.45) is 1.74. The molecule has 1 rings (SSSR count). The van der Waals surface area contributed by atoms with E-state index in [9.17, 15) is 0 Å². The van der Waals surface area contributed by atoms with E-state index in [4.69, 9.17) is 0 Å². The number of anilines is 1. The second-order valence-electron chi connectivity index (χ2n) is 2.65. The molecule has 0 aliphatic rings. The zero-order valence-electron chi connectivity index (χ0n) is 7.46. The highest BCUT2D eigenvalue weighted by molar-refractivity contribution is 5.34. The van der Waals surface area contributed by atoms with Gasteiger partial charge in [0.05, 0.1) is 6.20 Å². The van der Waals surface area contributed by atoms with Gasteiger partial charge in [0.25, 0.3) is 0 Å². The first-order valence-corrected chi connectivity index (χ1v) is 4.00. The van der Waals surface area contributed by atoms with Crippen LogP contribution in [0.4, 0.5) is 5.82 Å². The molecule has 0 saturated heterocycles. The van der Waals surface area contributed by atoms with Crippen LogP contribution in [0.5, 0.6) is 0 Å².